The fraction of sp³-hybridized carbons (Fsp3) is 0.500. The average molecular weight is 332 g/mol. The van der Waals surface area contributed by atoms with E-state index in [2.05, 4.69) is 5.32 Å². The van der Waals surface area contributed by atoms with E-state index in [0.29, 0.717) is 12.8 Å². The van der Waals surface area contributed by atoms with E-state index in [1.807, 2.05) is 0 Å². The molecule has 2 rings (SSSR count). The lowest BCUT2D eigenvalue weighted by Crippen LogP contribution is -2.41. The highest BCUT2D eigenvalue weighted by atomic mass is 32.2. The molecule has 0 aliphatic heterocycles. The Morgan fingerprint density at radius 1 is 1.48 bits per heavy atom. The maximum absolute atomic E-state index is 12.1. The minimum atomic E-state index is -3.67. The molecular formula is C12H16N2O5S2. The van der Waals surface area contributed by atoms with Crippen molar-refractivity contribution in [2.45, 2.75) is 17.1 Å². The zero-order chi connectivity index (χ0) is 15.7. The van der Waals surface area contributed by atoms with Crippen LogP contribution in [-0.4, -0.2) is 49.8 Å². The Morgan fingerprint density at radius 3 is 2.62 bits per heavy atom. The Kier molecular flexibility index (Phi) is 4.35. The number of hydrogen-bond acceptors (Lipinski definition) is 5. The molecule has 1 fully saturated rings. The number of carbonyl (C=O) groups is 2. The van der Waals surface area contributed by atoms with Crippen LogP contribution in [0.4, 0.5) is 0 Å². The number of rotatable bonds is 7. The molecule has 0 unspecified atom stereocenters. The highest BCUT2D eigenvalue weighted by molar-refractivity contribution is 7.91. The number of nitrogens with one attached hydrogen (secondary N) is 1. The average Bonchev–Trinajstić information content (AvgIpc) is 3.00. The van der Waals surface area contributed by atoms with Crippen molar-refractivity contribution in [3.8, 4) is 0 Å². The number of carboxylic acids is 1. The highest BCUT2D eigenvalue weighted by Gasteiger charge is 2.50. The van der Waals surface area contributed by atoms with E-state index in [9.17, 15) is 18.0 Å². The normalized spacial score (nSPS) is 16.7. The van der Waals surface area contributed by atoms with Crippen molar-refractivity contribution >= 4 is 33.2 Å². The second-order valence-corrected chi connectivity index (χ2v) is 8.27. The van der Waals surface area contributed by atoms with Crippen molar-refractivity contribution in [3.63, 3.8) is 0 Å². The van der Waals surface area contributed by atoms with Crippen LogP contribution < -0.4 is 5.32 Å². The molecule has 0 atom stereocenters. The number of carbonyl (C=O) groups excluding carboxylic acids is 1. The van der Waals surface area contributed by atoms with Crippen LogP contribution in [0.3, 0.4) is 0 Å². The van der Waals surface area contributed by atoms with Gasteiger partial charge >= 0.3 is 5.97 Å². The summed E-state index contributed by atoms with van der Waals surface area (Å²) in [6, 6.07) is 3.09. The Bertz CT molecular complexity index is 635. The molecule has 116 valence electrons. The number of sulfonamides is 1. The minimum absolute atomic E-state index is 0.0358. The summed E-state index contributed by atoms with van der Waals surface area (Å²) in [5, 5.41) is 13.1. The summed E-state index contributed by atoms with van der Waals surface area (Å²) in [5.41, 5.74) is -0.860. The third-order valence-electron chi connectivity index (χ3n) is 3.46. The Morgan fingerprint density at radius 2 is 2.14 bits per heavy atom. The Labute approximate surface area is 126 Å². The van der Waals surface area contributed by atoms with Crippen LogP contribution in [0, 0.1) is 5.41 Å². The topological polar surface area (TPSA) is 104 Å². The monoisotopic (exact) mass is 332 g/mol. The Hall–Kier alpha value is -1.45. The zero-order valence-corrected chi connectivity index (χ0v) is 13.0. The lowest BCUT2D eigenvalue weighted by Gasteiger charge is -2.17. The zero-order valence-electron chi connectivity index (χ0n) is 11.4. The van der Waals surface area contributed by atoms with Crippen LogP contribution in [0.5, 0.6) is 0 Å². The van der Waals surface area contributed by atoms with Gasteiger partial charge in [0.2, 0.25) is 5.91 Å². The molecular weight excluding hydrogens is 316 g/mol. The van der Waals surface area contributed by atoms with Gasteiger partial charge in [0.25, 0.3) is 10.0 Å². The van der Waals surface area contributed by atoms with Crippen molar-refractivity contribution in [1.82, 2.24) is 9.62 Å². The first kappa shape index (κ1) is 15.9. The molecule has 1 heterocycles. The van der Waals surface area contributed by atoms with Crippen LogP contribution in [0.2, 0.25) is 0 Å². The molecule has 1 amide bonds. The molecule has 0 aromatic carbocycles. The molecule has 9 heteroatoms. The van der Waals surface area contributed by atoms with Gasteiger partial charge < -0.3 is 10.4 Å². The number of amides is 1. The van der Waals surface area contributed by atoms with Gasteiger partial charge in [-0.05, 0) is 24.3 Å². The van der Waals surface area contributed by atoms with Gasteiger partial charge in [0.1, 0.15) is 4.21 Å². The second kappa shape index (κ2) is 5.74. The third-order valence-corrected chi connectivity index (χ3v) is 6.63. The number of thiophene rings is 1. The number of aliphatic carboxylic acids is 1. The van der Waals surface area contributed by atoms with Gasteiger partial charge in [0.05, 0.1) is 12.0 Å². The summed E-state index contributed by atoms with van der Waals surface area (Å²) in [6.07, 6.45) is 1.07. The van der Waals surface area contributed by atoms with Gasteiger partial charge in [-0.15, -0.1) is 11.3 Å². The highest BCUT2D eigenvalue weighted by Crippen LogP contribution is 2.45. The molecule has 1 saturated carbocycles. The lowest BCUT2D eigenvalue weighted by atomic mass is 10.1. The molecule has 7 nitrogen and oxygen atoms in total. The molecule has 0 spiro atoms. The van der Waals surface area contributed by atoms with E-state index in [-0.39, 0.29) is 17.3 Å². The maximum atomic E-state index is 12.1. The minimum Gasteiger partial charge on any atom is -0.481 e. The first-order valence-corrected chi connectivity index (χ1v) is 8.60. The smallest absolute Gasteiger partial charge is 0.311 e. The van der Waals surface area contributed by atoms with E-state index in [1.165, 1.54) is 13.1 Å². The quantitative estimate of drug-likeness (QED) is 0.750. The largest absolute Gasteiger partial charge is 0.481 e. The SMILES string of the molecule is CN(CC(=O)NCC1(C(=O)O)CC1)S(=O)(=O)c1cccs1. The van der Waals surface area contributed by atoms with E-state index >= 15 is 0 Å². The van der Waals surface area contributed by atoms with Crippen molar-refractivity contribution in [1.29, 1.82) is 0 Å². The van der Waals surface area contributed by atoms with Crippen LogP contribution in [0.15, 0.2) is 21.7 Å². The van der Waals surface area contributed by atoms with Crippen molar-refractivity contribution in [2.24, 2.45) is 5.41 Å². The van der Waals surface area contributed by atoms with Crippen LogP contribution in [0.25, 0.3) is 0 Å². The molecule has 1 aliphatic rings. The lowest BCUT2D eigenvalue weighted by molar-refractivity contribution is -0.143. The summed E-state index contributed by atoms with van der Waals surface area (Å²) in [4.78, 5) is 22.7. The Balaban J connectivity index is 1.90. The van der Waals surface area contributed by atoms with Crippen molar-refractivity contribution in [3.05, 3.63) is 17.5 Å². The van der Waals surface area contributed by atoms with Crippen molar-refractivity contribution in [2.75, 3.05) is 20.1 Å². The number of nitrogens with zero attached hydrogens (tertiary/aromatic N) is 1. The molecule has 0 radical (unpaired) electrons. The fourth-order valence-electron chi connectivity index (χ4n) is 1.79. The summed E-state index contributed by atoms with van der Waals surface area (Å²) in [6.45, 7) is -0.302. The third kappa shape index (κ3) is 3.42. The number of likely N-dealkylation sites (N-methyl/N-ethyl adjacent to an activating group) is 1. The van der Waals surface area contributed by atoms with E-state index in [4.69, 9.17) is 5.11 Å². The predicted octanol–water partition coefficient (Wildman–Crippen LogP) is 0.350. The van der Waals surface area contributed by atoms with E-state index in [1.54, 1.807) is 11.4 Å². The molecule has 2 N–H and O–H groups in total. The van der Waals surface area contributed by atoms with Gasteiger partial charge in [-0.3, -0.25) is 9.59 Å². The maximum Gasteiger partial charge on any atom is 0.311 e. The van der Waals surface area contributed by atoms with Gasteiger partial charge in [-0.1, -0.05) is 6.07 Å². The molecule has 21 heavy (non-hydrogen) atoms. The molecule has 1 aromatic rings. The summed E-state index contributed by atoms with van der Waals surface area (Å²) in [7, 11) is -2.35. The number of hydrogen-bond donors (Lipinski definition) is 2. The standard InChI is InChI=1S/C12H16N2O5S2/c1-14(21(18,19)10-3-2-6-20-10)7-9(15)13-8-12(4-5-12)11(16)17/h2-3,6H,4-5,7-8H2,1H3,(H,13,15)(H,16,17). The predicted molar refractivity (Wildman–Crippen MR) is 76.4 cm³/mol. The summed E-state index contributed by atoms with van der Waals surface area (Å²) >= 11 is 1.08. The van der Waals surface area contributed by atoms with Gasteiger partial charge in [-0.25, -0.2) is 8.42 Å². The van der Waals surface area contributed by atoms with Gasteiger partial charge in [-0.2, -0.15) is 4.31 Å². The first-order valence-electron chi connectivity index (χ1n) is 6.28. The van der Waals surface area contributed by atoms with E-state index in [0.717, 1.165) is 15.6 Å². The van der Waals surface area contributed by atoms with Crippen molar-refractivity contribution < 1.29 is 23.1 Å². The van der Waals surface area contributed by atoms with Crippen LogP contribution >= 0.6 is 11.3 Å². The molecule has 1 aliphatic carbocycles. The number of carboxylic acid groups (broad SMARTS) is 1. The van der Waals surface area contributed by atoms with Crippen LogP contribution in [-0.2, 0) is 19.6 Å². The molecule has 1 aromatic heterocycles. The van der Waals surface area contributed by atoms with Gasteiger partial charge in [0.15, 0.2) is 0 Å². The first-order chi connectivity index (χ1) is 9.78. The summed E-state index contributed by atoms with van der Waals surface area (Å²) in [5.74, 6) is -1.44. The molecule has 0 saturated heterocycles. The van der Waals surface area contributed by atoms with Gasteiger partial charge in [0, 0.05) is 13.6 Å². The second-order valence-electron chi connectivity index (χ2n) is 5.06. The van der Waals surface area contributed by atoms with E-state index < -0.39 is 27.3 Å². The summed E-state index contributed by atoms with van der Waals surface area (Å²) < 4.78 is 25.3. The molecule has 0 bridgehead atoms. The van der Waals surface area contributed by atoms with Crippen LogP contribution in [0.1, 0.15) is 12.8 Å². The fourth-order valence-corrected chi connectivity index (χ4v) is 4.12.